The molecular weight excluding hydrogens is 196 g/mol. The fourth-order valence-electron chi connectivity index (χ4n) is 1.91. The molecule has 0 saturated carbocycles. The topological polar surface area (TPSA) is 17.8 Å². The van der Waals surface area contributed by atoms with Gasteiger partial charge in [-0.3, -0.25) is 0 Å². The Morgan fingerprint density at radius 1 is 1.25 bits per heavy atom. The summed E-state index contributed by atoms with van der Waals surface area (Å²) < 4.78 is 2.27. The van der Waals surface area contributed by atoms with E-state index in [1.165, 1.54) is 23.9 Å². The van der Waals surface area contributed by atoms with Gasteiger partial charge >= 0.3 is 0 Å². The minimum atomic E-state index is 0.499. The molecule has 0 aliphatic carbocycles. The molecule has 16 heavy (non-hydrogen) atoms. The van der Waals surface area contributed by atoms with Gasteiger partial charge in [0.25, 0.3) is 0 Å². The van der Waals surface area contributed by atoms with Gasteiger partial charge in [-0.15, -0.1) is 0 Å². The first-order chi connectivity index (χ1) is 7.72. The van der Waals surface area contributed by atoms with Crippen molar-refractivity contribution in [3.63, 3.8) is 0 Å². The summed E-state index contributed by atoms with van der Waals surface area (Å²) in [5.74, 6) is 0.499. The predicted molar refractivity (Wildman–Crippen MR) is 68.7 cm³/mol. The smallest absolute Gasteiger partial charge is 0.140 e. The van der Waals surface area contributed by atoms with Crippen LogP contribution in [-0.4, -0.2) is 9.55 Å². The number of hydrogen-bond donors (Lipinski definition) is 0. The van der Waals surface area contributed by atoms with E-state index in [4.69, 9.17) is 4.98 Å². The van der Waals surface area contributed by atoms with Crippen molar-refractivity contribution in [1.29, 1.82) is 0 Å². The molecule has 0 aliphatic heterocycles. The Hall–Kier alpha value is -1.31. The molecule has 0 N–H and O–H groups in total. The minimum absolute atomic E-state index is 0.499. The van der Waals surface area contributed by atoms with Crippen LogP contribution in [0.15, 0.2) is 24.4 Å². The standard InChI is InChI=1S/C14H20N2/c1-4-5-9-16-10-8-12-6-7-13(11(2)3)15-14(12)16/h6-8,10-11H,4-5,9H2,1-3H3. The highest BCUT2D eigenvalue weighted by Crippen LogP contribution is 2.19. The Bertz CT molecular complexity index is 469. The molecule has 86 valence electrons. The number of hydrogen-bond acceptors (Lipinski definition) is 1. The van der Waals surface area contributed by atoms with Crippen molar-refractivity contribution in [3.05, 3.63) is 30.1 Å². The van der Waals surface area contributed by atoms with Crippen LogP contribution < -0.4 is 0 Å². The fraction of sp³-hybridized carbons (Fsp3) is 0.500. The number of aryl methyl sites for hydroxylation is 1. The monoisotopic (exact) mass is 216 g/mol. The maximum absolute atomic E-state index is 4.75. The van der Waals surface area contributed by atoms with E-state index in [2.05, 4.69) is 49.7 Å². The molecule has 0 saturated heterocycles. The first kappa shape index (κ1) is 11.2. The minimum Gasteiger partial charge on any atom is -0.333 e. The largest absolute Gasteiger partial charge is 0.333 e. The number of unbranched alkanes of at least 4 members (excludes halogenated alkanes) is 1. The van der Waals surface area contributed by atoms with Crippen LogP contribution in [-0.2, 0) is 6.54 Å². The summed E-state index contributed by atoms with van der Waals surface area (Å²) in [6.45, 7) is 7.67. The predicted octanol–water partition coefficient (Wildman–Crippen LogP) is 3.96. The molecule has 0 aromatic carbocycles. The van der Waals surface area contributed by atoms with Crippen molar-refractivity contribution in [1.82, 2.24) is 9.55 Å². The lowest BCUT2D eigenvalue weighted by molar-refractivity contribution is 0.644. The van der Waals surface area contributed by atoms with Gasteiger partial charge in [0, 0.05) is 23.8 Å². The van der Waals surface area contributed by atoms with E-state index in [-0.39, 0.29) is 0 Å². The van der Waals surface area contributed by atoms with E-state index >= 15 is 0 Å². The quantitative estimate of drug-likeness (QED) is 0.756. The lowest BCUT2D eigenvalue weighted by Gasteiger charge is -2.07. The van der Waals surface area contributed by atoms with Gasteiger partial charge in [0.05, 0.1) is 0 Å². The van der Waals surface area contributed by atoms with Gasteiger partial charge in [-0.1, -0.05) is 27.2 Å². The van der Waals surface area contributed by atoms with Crippen LogP contribution in [0.25, 0.3) is 11.0 Å². The highest BCUT2D eigenvalue weighted by atomic mass is 15.0. The summed E-state index contributed by atoms with van der Waals surface area (Å²) in [5, 5.41) is 1.25. The molecule has 0 bridgehead atoms. The summed E-state index contributed by atoms with van der Waals surface area (Å²) >= 11 is 0. The maximum atomic E-state index is 4.75. The summed E-state index contributed by atoms with van der Waals surface area (Å²) in [4.78, 5) is 4.75. The number of rotatable bonds is 4. The third-order valence-corrected chi connectivity index (χ3v) is 2.98. The van der Waals surface area contributed by atoms with Crippen molar-refractivity contribution in [2.75, 3.05) is 0 Å². The lowest BCUT2D eigenvalue weighted by atomic mass is 10.1. The second-order valence-electron chi connectivity index (χ2n) is 4.67. The molecule has 2 heteroatoms. The van der Waals surface area contributed by atoms with Crippen LogP contribution in [0.2, 0.25) is 0 Å². The Labute approximate surface area is 97.3 Å². The molecular formula is C14H20N2. The molecule has 0 amide bonds. The zero-order chi connectivity index (χ0) is 11.5. The van der Waals surface area contributed by atoms with E-state index in [1.807, 2.05) is 0 Å². The van der Waals surface area contributed by atoms with Crippen LogP contribution in [0.1, 0.15) is 45.2 Å². The average Bonchev–Trinajstić information content (AvgIpc) is 2.68. The Morgan fingerprint density at radius 2 is 2.06 bits per heavy atom. The van der Waals surface area contributed by atoms with Crippen LogP contribution in [0.5, 0.6) is 0 Å². The zero-order valence-corrected chi connectivity index (χ0v) is 10.4. The average molecular weight is 216 g/mol. The number of nitrogens with zero attached hydrogens (tertiary/aromatic N) is 2. The van der Waals surface area contributed by atoms with E-state index in [0.29, 0.717) is 5.92 Å². The summed E-state index contributed by atoms with van der Waals surface area (Å²) in [7, 11) is 0. The van der Waals surface area contributed by atoms with Gasteiger partial charge in [0.2, 0.25) is 0 Å². The van der Waals surface area contributed by atoms with Crippen molar-refractivity contribution in [2.45, 2.75) is 46.1 Å². The SMILES string of the molecule is CCCCn1ccc2ccc(C(C)C)nc21. The van der Waals surface area contributed by atoms with E-state index in [1.54, 1.807) is 0 Å². The zero-order valence-electron chi connectivity index (χ0n) is 10.4. The molecule has 0 aliphatic rings. The molecule has 0 atom stereocenters. The van der Waals surface area contributed by atoms with Crippen LogP contribution in [0.3, 0.4) is 0 Å². The van der Waals surface area contributed by atoms with Crippen LogP contribution >= 0.6 is 0 Å². The van der Waals surface area contributed by atoms with Gasteiger partial charge in [-0.25, -0.2) is 4.98 Å². The Morgan fingerprint density at radius 3 is 2.75 bits per heavy atom. The van der Waals surface area contributed by atoms with Crippen molar-refractivity contribution in [3.8, 4) is 0 Å². The van der Waals surface area contributed by atoms with Gasteiger partial charge in [0.1, 0.15) is 5.65 Å². The number of aromatic nitrogens is 2. The fourth-order valence-corrected chi connectivity index (χ4v) is 1.91. The summed E-state index contributed by atoms with van der Waals surface area (Å²) in [5.41, 5.74) is 2.32. The molecule has 2 heterocycles. The van der Waals surface area contributed by atoms with Crippen molar-refractivity contribution in [2.24, 2.45) is 0 Å². The van der Waals surface area contributed by atoms with Gasteiger partial charge in [-0.2, -0.15) is 0 Å². The number of fused-ring (bicyclic) bond motifs is 1. The van der Waals surface area contributed by atoms with Crippen LogP contribution in [0, 0.1) is 0 Å². The third kappa shape index (κ3) is 2.11. The summed E-state index contributed by atoms with van der Waals surface area (Å²) in [6.07, 6.45) is 4.60. The van der Waals surface area contributed by atoms with Crippen LogP contribution in [0.4, 0.5) is 0 Å². The molecule has 0 spiro atoms. The first-order valence-corrected chi connectivity index (χ1v) is 6.18. The highest BCUT2D eigenvalue weighted by molar-refractivity contribution is 5.76. The molecule has 0 fully saturated rings. The molecule has 2 aromatic rings. The highest BCUT2D eigenvalue weighted by Gasteiger charge is 2.05. The van der Waals surface area contributed by atoms with Crippen molar-refractivity contribution < 1.29 is 0 Å². The third-order valence-electron chi connectivity index (χ3n) is 2.98. The van der Waals surface area contributed by atoms with Gasteiger partial charge < -0.3 is 4.57 Å². The van der Waals surface area contributed by atoms with E-state index in [9.17, 15) is 0 Å². The van der Waals surface area contributed by atoms with E-state index in [0.717, 1.165) is 12.2 Å². The molecule has 0 radical (unpaired) electrons. The Balaban J connectivity index is 2.39. The van der Waals surface area contributed by atoms with Gasteiger partial charge in [0.15, 0.2) is 0 Å². The second kappa shape index (κ2) is 4.69. The molecule has 2 rings (SSSR count). The lowest BCUT2D eigenvalue weighted by Crippen LogP contribution is -1.99. The van der Waals surface area contributed by atoms with E-state index < -0.39 is 0 Å². The summed E-state index contributed by atoms with van der Waals surface area (Å²) in [6, 6.07) is 6.47. The molecule has 2 aromatic heterocycles. The maximum Gasteiger partial charge on any atom is 0.140 e. The second-order valence-corrected chi connectivity index (χ2v) is 4.67. The first-order valence-electron chi connectivity index (χ1n) is 6.18. The normalized spacial score (nSPS) is 11.5. The molecule has 2 nitrogen and oxygen atoms in total. The Kier molecular flexibility index (Phi) is 3.28. The van der Waals surface area contributed by atoms with Gasteiger partial charge in [-0.05, 0) is 30.5 Å². The van der Waals surface area contributed by atoms with Crippen molar-refractivity contribution >= 4 is 11.0 Å². The molecule has 0 unspecified atom stereocenters. The number of pyridine rings is 1.